The van der Waals surface area contributed by atoms with Gasteiger partial charge in [0.2, 0.25) is 0 Å². The fraction of sp³-hybridized carbons (Fsp3) is 0.188. The minimum absolute atomic E-state index is 0.245. The molecule has 4 heteroatoms. The number of carbonyl (C=O) groups is 1. The number of rotatable bonds is 4. The minimum Gasteiger partial charge on any atom is -0.338 e. The molecule has 3 nitrogen and oxygen atoms in total. The van der Waals surface area contributed by atoms with Gasteiger partial charge in [0.25, 0.3) is 0 Å². The summed E-state index contributed by atoms with van der Waals surface area (Å²) in [5, 5.41) is 6.07. The van der Waals surface area contributed by atoms with E-state index in [4.69, 9.17) is 11.6 Å². The molecule has 0 saturated heterocycles. The number of para-hydroxylation sites is 1. The number of anilines is 1. The van der Waals surface area contributed by atoms with Crippen LogP contribution in [-0.4, -0.2) is 12.6 Å². The lowest BCUT2D eigenvalue weighted by molar-refractivity contribution is 0.252. The summed E-state index contributed by atoms with van der Waals surface area (Å²) in [6.07, 6.45) is 0.802. The Labute approximate surface area is 124 Å². The molecule has 0 aliphatic heterocycles. The molecule has 0 aromatic heterocycles. The lowest BCUT2D eigenvalue weighted by Gasteiger charge is -2.09. The normalized spacial score (nSPS) is 10.1. The Bertz CT molecular complexity index is 581. The fourth-order valence-electron chi connectivity index (χ4n) is 1.80. The van der Waals surface area contributed by atoms with Gasteiger partial charge >= 0.3 is 6.03 Å². The summed E-state index contributed by atoms with van der Waals surface area (Å²) in [5.41, 5.74) is 3.05. The molecule has 0 unspecified atom stereocenters. The van der Waals surface area contributed by atoms with E-state index in [0.717, 1.165) is 6.42 Å². The van der Waals surface area contributed by atoms with Crippen molar-refractivity contribution in [3.63, 3.8) is 0 Å². The molecule has 2 rings (SSSR count). The Hall–Kier alpha value is -2.00. The van der Waals surface area contributed by atoms with Crippen LogP contribution in [0.15, 0.2) is 48.5 Å². The molecule has 0 fully saturated rings. The number of amides is 2. The van der Waals surface area contributed by atoms with E-state index in [1.54, 1.807) is 12.1 Å². The number of nitrogens with one attached hydrogen (secondary N) is 2. The van der Waals surface area contributed by atoms with Crippen molar-refractivity contribution < 1.29 is 4.79 Å². The van der Waals surface area contributed by atoms with E-state index in [1.807, 2.05) is 12.1 Å². The quantitative estimate of drug-likeness (QED) is 0.877. The Balaban J connectivity index is 1.78. The van der Waals surface area contributed by atoms with Crippen LogP contribution < -0.4 is 10.6 Å². The van der Waals surface area contributed by atoms with Gasteiger partial charge < -0.3 is 10.6 Å². The van der Waals surface area contributed by atoms with Crippen molar-refractivity contribution in [2.45, 2.75) is 13.3 Å². The van der Waals surface area contributed by atoms with Gasteiger partial charge in [0.15, 0.2) is 0 Å². The number of hydrogen-bond acceptors (Lipinski definition) is 1. The maximum Gasteiger partial charge on any atom is 0.319 e. The van der Waals surface area contributed by atoms with Crippen LogP contribution in [0.25, 0.3) is 0 Å². The first-order valence-corrected chi connectivity index (χ1v) is 6.88. The number of hydrogen-bond donors (Lipinski definition) is 2. The maximum absolute atomic E-state index is 11.7. The SMILES string of the molecule is Cc1ccc(CCNC(=O)Nc2ccccc2Cl)cc1. The van der Waals surface area contributed by atoms with E-state index >= 15 is 0 Å². The number of aryl methyl sites for hydroxylation is 1. The van der Waals surface area contributed by atoms with Crippen molar-refractivity contribution in [2.75, 3.05) is 11.9 Å². The molecule has 0 aliphatic rings. The molecular weight excluding hydrogens is 272 g/mol. The van der Waals surface area contributed by atoms with E-state index in [1.165, 1.54) is 11.1 Å². The van der Waals surface area contributed by atoms with E-state index in [2.05, 4.69) is 41.8 Å². The highest BCUT2D eigenvalue weighted by atomic mass is 35.5. The summed E-state index contributed by atoms with van der Waals surface area (Å²) in [6.45, 7) is 2.64. The molecule has 0 aliphatic carbocycles. The van der Waals surface area contributed by atoms with Crippen molar-refractivity contribution in [3.05, 3.63) is 64.7 Å². The predicted molar refractivity (Wildman–Crippen MR) is 83.4 cm³/mol. The van der Waals surface area contributed by atoms with E-state index < -0.39 is 0 Å². The van der Waals surface area contributed by atoms with Crippen LogP contribution in [0.1, 0.15) is 11.1 Å². The number of benzene rings is 2. The van der Waals surface area contributed by atoms with Crippen molar-refractivity contribution >= 4 is 23.3 Å². The molecule has 2 N–H and O–H groups in total. The van der Waals surface area contributed by atoms with Crippen molar-refractivity contribution in [1.29, 1.82) is 0 Å². The van der Waals surface area contributed by atoms with E-state index in [0.29, 0.717) is 17.3 Å². The molecule has 0 radical (unpaired) electrons. The third-order valence-corrected chi connectivity index (χ3v) is 3.27. The highest BCUT2D eigenvalue weighted by Crippen LogP contribution is 2.19. The molecule has 2 amide bonds. The zero-order valence-corrected chi connectivity index (χ0v) is 12.1. The molecule has 20 heavy (non-hydrogen) atoms. The molecule has 0 bridgehead atoms. The highest BCUT2D eigenvalue weighted by Gasteiger charge is 2.04. The van der Waals surface area contributed by atoms with Gasteiger partial charge in [-0.2, -0.15) is 0 Å². The molecule has 0 atom stereocenters. The summed E-state index contributed by atoms with van der Waals surface area (Å²) in [4.78, 5) is 11.7. The molecular formula is C16H17ClN2O. The summed E-state index contributed by atoms with van der Waals surface area (Å²) >= 11 is 5.97. The lowest BCUT2D eigenvalue weighted by Crippen LogP contribution is -2.30. The van der Waals surface area contributed by atoms with Gasteiger partial charge in [-0.05, 0) is 31.0 Å². The second-order valence-electron chi connectivity index (χ2n) is 4.60. The number of carbonyl (C=O) groups excluding carboxylic acids is 1. The lowest BCUT2D eigenvalue weighted by atomic mass is 10.1. The summed E-state index contributed by atoms with van der Waals surface area (Å²) in [7, 11) is 0. The van der Waals surface area contributed by atoms with Gasteiger partial charge in [0.05, 0.1) is 10.7 Å². The van der Waals surface area contributed by atoms with E-state index in [9.17, 15) is 4.79 Å². The zero-order valence-electron chi connectivity index (χ0n) is 11.3. The first-order chi connectivity index (χ1) is 9.65. The van der Waals surface area contributed by atoms with Crippen LogP contribution in [0.2, 0.25) is 5.02 Å². The monoisotopic (exact) mass is 288 g/mol. The molecule has 0 heterocycles. The maximum atomic E-state index is 11.7. The van der Waals surface area contributed by atoms with Crippen LogP contribution in [-0.2, 0) is 6.42 Å². The third kappa shape index (κ3) is 4.28. The molecule has 0 saturated carbocycles. The molecule has 2 aromatic rings. The van der Waals surface area contributed by atoms with E-state index in [-0.39, 0.29) is 6.03 Å². The van der Waals surface area contributed by atoms with Crippen molar-refractivity contribution in [2.24, 2.45) is 0 Å². The van der Waals surface area contributed by atoms with Gasteiger partial charge in [-0.25, -0.2) is 4.79 Å². The van der Waals surface area contributed by atoms with Crippen LogP contribution >= 0.6 is 11.6 Å². The summed E-state index contributed by atoms with van der Waals surface area (Å²) in [5.74, 6) is 0. The smallest absolute Gasteiger partial charge is 0.319 e. The Kier molecular flexibility index (Phi) is 5.02. The van der Waals surface area contributed by atoms with Crippen LogP contribution in [0.3, 0.4) is 0 Å². The van der Waals surface area contributed by atoms with Gasteiger partial charge in [0, 0.05) is 6.54 Å². The predicted octanol–water partition coefficient (Wildman–Crippen LogP) is 4.01. The standard InChI is InChI=1S/C16H17ClN2O/c1-12-6-8-13(9-7-12)10-11-18-16(20)19-15-5-3-2-4-14(15)17/h2-9H,10-11H2,1H3,(H2,18,19,20). The largest absolute Gasteiger partial charge is 0.338 e. The number of halogens is 1. The second kappa shape index (κ2) is 6.96. The zero-order chi connectivity index (χ0) is 14.4. The van der Waals surface area contributed by atoms with Gasteiger partial charge in [-0.1, -0.05) is 53.6 Å². The first-order valence-electron chi connectivity index (χ1n) is 6.50. The van der Waals surface area contributed by atoms with Gasteiger partial charge in [-0.3, -0.25) is 0 Å². The average molecular weight is 289 g/mol. The van der Waals surface area contributed by atoms with Gasteiger partial charge in [-0.15, -0.1) is 0 Å². The Morgan fingerprint density at radius 2 is 1.80 bits per heavy atom. The average Bonchev–Trinajstić information content (AvgIpc) is 2.44. The molecule has 0 spiro atoms. The topological polar surface area (TPSA) is 41.1 Å². The second-order valence-corrected chi connectivity index (χ2v) is 5.00. The number of urea groups is 1. The van der Waals surface area contributed by atoms with Crippen LogP contribution in [0.5, 0.6) is 0 Å². The van der Waals surface area contributed by atoms with Gasteiger partial charge in [0.1, 0.15) is 0 Å². The third-order valence-electron chi connectivity index (χ3n) is 2.94. The minimum atomic E-state index is -0.245. The molecule has 104 valence electrons. The summed E-state index contributed by atoms with van der Waals surface area (Å²) < 4.78 is 0. The van der Waals surface area contributed by atoms with Crippen LogP contribution in [0.4, 0.5) is 10.5 Å². The summed E-state index contributed by atoms with van der Waals surface area (Å²) in [6, 6.07) is 15.2. The van der Waals surface area contributed by atoms with Crippen LogP contribution in [0, 0.1) is 6.92 Å². The Morgan fingerprint density at radius 3 is 2.50 bits per heavy atom. The molecule has 2 aromatic carbocycles. The highest BCUT2D eigenvalue weighted by molar-refractivity contribution is 6.33. The fourth-order valence-corrected chi connectivity index (χ4v) is 1.99. The van der Waals surface area contributed by atoms with Crippen molar-refractivity contribution in [3.8, 4) is 0 Å². The first kappa shape index (κ1) is 14.4. The Morgan fingerprint density at radius 1 is 1.10 bits per heavy atom. The van der Waals surface area contributed by atoms with Crippen molar-refractivity contribution in [1.82, 2.24) is 5.32 Å².